The second-order valence-corrected chi connectivity index (χ2v) is 7.86. The molecular weight excluding hydrogens is 362 g/mol. The van der Waals surface area contributed by atoms with Crippen LogP contribution < -0.4 is 9.47 Å². The number of esters is 1. The quantitative estimate of drug-likeness (QED) is 0.685. The van der Waals surface area contributed by atoms with Crippen molar-refractivity contribution in [2.24, 2.45) is 0 Å². The molecule has 0 aliphatic carbocycles. The van der Waals surface area contributed by atoms with E-state index in [2.05, 4.69) is 0 Å². The van der Waals surface area contributed by atoms with E-state index in [-0.39, 0.29) is 5.92 Å². The van der Waals surface area contributed by atoms with E-state index in [4.69, 9.17) is 18.9 Å². The molecule has 0 bridgehead atoms. The molecule has 1 saturated heterocycles. The third kappa shape index (κ3) is 5.30. The molecule has 2 rings (SSSR count). The third-order valence-electron chi connectivity index (χ3n) is 4.52. The van der Waals surface area contributed by atoms with E-state index in [1.165, 1.54) is 12.0 Å². The molecule has 1 aliphatic heterocycles. The molecule has 1 fully saturated rings. The second-order valence-electron chi connectivity index (χ2n) is 7.86. The number of carbonyl (C=O) groups excluding carboxylic acids is 2. The van der Waals surface area contributed by atoms with Gasteiger partial charge in [0.05, 0.1) is 20.8 Å². The van der Waals surface area contributed by atoms with Crippen molar-refractivity contribution in [3.63, 3.8) is 0 Å². The lowest BCUT2D eigenvalue weighted by Crippen LogP contribution is -2.43. The predicted molar refractivity (Wildman–Crippen MR) is 105 cm³/mol. The number of hydrogen-bond donors (Lipinski definition) is 0. The highest BCUT2D eigenvalue weighted by Crippen LogP contribution is 2.37. The molecular formula is C21H31NO6. The molecule has 0 unspecified atom stereocenters. The van der Waals surface area contributed by atoms with Gasteiger partial charge in [0, 0.05) is 12.5 Å². The van der Waals surface area contributed by atoms with Crippen LogP contribution in [0.4, 0.5) is 4.79 Å². The summed E-state index contributed by atoms with van der Waals surface area (Å²) in [6.07, 6.45) is 0.834. The van der Waals surface area contributed by atoms with Gasteiger partial charge in [-0.2, -0.15) is 0 Å². The van der Waals surface area contributed by atoms with Crippen LogP contribution in [0.25, 0.3) is 0 Å². The van der Waals surface area contributed by atoms with Crippen molar-refractivity contribution in [1.29, 1.82) is 0 Å². The van der Waals surface area contributed by atoms with Gasteiger partial charge in [0.2, 0.25) is 0 Å². The number of carbonyl (C=O) groups is 2. The lowest BCUT2D eigenvalue weighted by molar-refractivity contribution is -0.145. The number of rotatable bonds is 6. The molecule has 7 heteroatoms. The van der Waals surface area contributed by atoms with E-state index >= 15 is 0 Å². The summed E-state index contributed by atoms with van der Waals surface area (Å²) in [5.41, 5.74) is 0.337. The number of ether oxygens (including phenoxy) is 4. The topological polar surface area (TPSA) is 74.3 Å². The molecule has 1 aromatic carbocycles. The fourth-order valence-corrected chi connectivity index (χ4v) is 3.23. The Balaban J connectivity index is 2.26. The molecule has 7 nitrogen and oxygen atoms in total. The van der Waals surface area contributed by atoms with E-state index in [0.717, 1.165) is 12.0 Å². The Labute approximate surface area is 166 Å². The maximum absolute atomic E-state index is 12.6. The lowest BCUT2D eigenvalue weighted by atomic mass is 9.96. The van der Waals surface area contributed by atoms with Crippen molar-refractivity contribution in [2.45, 2.75) is 58.1 Å². The van der Waals surface area contributed by atoms with Crippen LogP contribution in [0.2, 0.25) is 0 Å². The van der Waals surface area contributed by atoms with Gasteiger partial charge in [0.25, 0.3) is 0 Å². The van der Waals surface area contributed by atoms with E-state index in [0.29, 0.717) is 31.1 Å². The molecule has 0 aromatic heterocycles. The van der Waals surface area contributed by atoms with Crippen molar-refractivity contribution in [3.8, 4) is 11.5 Å². The van der Waals surface area contributed by atoms with Crippen LogP contribution in [0.1, 0.15) is 52.0 Å². The second kappa shape index (κ2) is 9.17. The summed E-state index contributed by atoms with van der Waals surface area (Å²) in [7, 11) is 2.92. The van der Waals surface area contributed by atoms with Crippen molar-refractivity contribution in [2.75, 3.05) is 27.4 Å². The number of benzene rings is 1. The molecule has 1 aromatic rings. The molecule has 1 heterocycles. The zero-order chi connectivity index (χ0) is 20.9. The van der Waals surface area contributed by atoms with E-state index in [1.54, 1.807) is 27.9 Å². The van der Waals surface area contributed by atoms with Crippen molar-refractivity contribution in [1.82, 2.24) is 4.90 Å². The predicted octanol–water partition coefficient (Wildman–Crippen LogP) is 3.75. The number of methoxy groups -OCH3 is 2. The lowest BCUT2D eigenvalue weighted by Gasteiger charge is -2.27. The molecule has 28 heavy (non-hydrogen) atoms. The molecule has 1 amide bonds. The Bertz CT molecular complexity index is 697. The van der Waals surface area contributed by atoms with Crippen LogP contribution in [-0.2, 0) is 14.3 Å². The minimum atomic E-state index is -0.674. The van der Waals surface area contributed by atoms with Gasteiger partial charge in [0.1, 0.15) is 11.6 Å². The fraction of sp³-hybridized carbons (Fsp3) is 0.619. The molecule has 0 N–H and O–H groups in total. The van der Waals surface area contributed by atoms with Crippen LogP contribution in [0.3, 0.4) is 0 Å². The molecule has 1 aliphatic rings. The van der Waals surface area contributed by atoms with Gasteiger partial charge < -0.3 is 18.9 Å². The van der Waals surface area contributed by atoms with Gasteiger partial charge in [-0.15, -0.1) is 0 Å². The van der Waals surface area contributed by atoms with Crippen molar-refractivity contribution < 1.29 is 28.5 Å². The molecule has 2 atom stereocenters. The van der Waals surface area contributed by atoms with Gasteiger partial charge in [-0.05, 0) is 51.3 Å². The van der Waals surface area contributed by atoms with Gasteiger partial charge in [-0.1, -0.05) is 13.0 Å². The van der Waals surface area contributed by atoms with Gasteiger partial charge in [0.15, 0.2) is 11.5 Å². The number of amides is 1. The van der Waals surface area contributed by atoms with E-state index in [9.17, 15) is 9.59 Å². The molecule has 0 spiro atoms. The zero-order valence-corrected chi connectivity index (χ0v) is 17.6. The van der Waals surface area contributed by atoms with Crippen LogP contribution in [0.5, 0.6) is 11.5 Å². The zero-order valence-electron chi connectivity index (χ0n) is 17.6. The maximum atomic E-state index is 12.6. The van der Waals surface area contributed by atoms with Crippen LogP contribution >= 0.6 is 0 Å². The average molecular weight is 393 g/mol. The summed E-state index contributed by atoms with van der Waals surface area (Å²) in [4.78, 5) is 26.3. The van der Waals surface area contributed by atoms with Crippen molar-refractivity contribution in [3.05, 3.63) is 23.8 Å². The molecule has 0 radical (unpaired) electrons. The Kier molecular flexibility index (Phi) is 7.16. The van der Waals surface area contributed by atoms with Crippen LogP contribution in [-0.4, -0.2) is 56.0 Å². The molecule has 156 valence electrons. The Morgan fingerprint density at radius 2 is 1.89 bits per heavy atom. The highest BCUT2D eigenvalue weighted by atomic mass is 16.6. The van der Waals surface area contributed by atoms with E-state index < -0.39 is 23.7 Å². The largest absolute Gasteiger partial charge is 0.493 e. The monoisotopic (exact) mass is 393 g/mol. The summed E-state index contributed by atoms with van der Waals surface area (Å²) in [6, 6.07) is 5.04. The van der Waals surface area contributed by atoms with Crippen LogP contribution in [0, 0.1) is 0 Å². The first kappa shape index (κ1) is 21.9. The first-order valence-corrected chi connectivity index (χ1v) is 9.58. The SMILES string of the molecule is CCCOc1cc([C@@H]2C[C@H](C(=O)OC)N(C(=O)OC(C)(C)C)C2)ccc1OC. The van der Waals surface area contributed by atoms with Gasteiger partial charge in [-0.3, -0.25) is 4.90 Å². The summed E-state index contributed by atoms with van der Waals surface area (Å²) < 4.78 is 21.5. The fourth-order valence-electron chi connectivity index (χ4n) is 3.23. The number of likely N-dealkylation sites (tertiary alicyclic amines) is 1. The Morgan fingerprint density at radius 3 is 2.46 bits per heavy atom. The summed E-state index contributed by atoms with van der Waals surface area (Å²) in [5, 5.41) is 0. The third-order valence-corrected chi connectivity index (χ3v) is 4.52. The first-order chi connectivity index (χ1) is 13.2. The highest BCUT2D eigenvalue weighted by Gasteiger charge is 2.42. The minimum Gasteiger partial charge on any atom is -0.493 e. The number of nitrogens with zero attached hydrogens (tertiary/aromatic N) is 1. The smallest absolute Gasteiger partial charge is 0.411 e. The maximum Gasteiger partial charge on any atom is 0.411 e. The summed E-state index contributed by atoms with van der Waals surface area (Å²) in [6.45, 7) is 8.38. The van der Waals surface area contributed by atoms with Crippen LogP contribution in [0.15, 0.2) is 18.2 Å². The first-order valence-electron chi connectivity index (χ1n) is 9.58. The van der Waals surface area contributed by atoms with E-state index in [1.807, 2.05) is 25.1 Å². The average Bonchev–Trinajstić information content (AvgIpc) is 3.09. The Morgan fingerprint density at radius 1 is 1.18 bits per heavy atom. The normalized spacial score (nSPS) is 19.3. The van der Waals surface area contributed by atoms with Crippen molar-refractivity contribution >= 4 is 12.1 Å². The Hall–Kier alpha value is -2.44. The summed E-state index contributed by atoms with van der Waals surface area (Å²) in [5.74, 6) is 0.840. The standard InChI is InChI=1S/C21H31NO6/c1-7-10-27-18-12-14(8-9-17(18)25-5)15-11-16(19(23)26-6)22(13-15)20(24)28-21(2,3)4/h8-9,12,15-16H,7,10-11,13H2,1-6H3/t15-,16-/m1/s1. The van der Waals surface area contributed by atoms with Gasteiger partial charge >= 0.3 is 12.1 Å². The minimum absolute atomic E-state index is 0.0356. The number of hydrogen-bond acceptors (Lipinski definition) is 6. The summed E-state index contributed by atoms with van der Waals surface area (Å²) >= 11 is 0. The highest BCUT2D eigenvalue weighted by molar-refractivity contribution is 5.82. The van der Waals surface area contributed by atoms with Gasteiger partial charge in [-0.25, -0.2) is 9.59 Å². The molecule has 0 saturated carbocycles.